The SMILES string of the molecule is CCOC(=O)c1cc(O)c2c(c1)c1cccnc1n2S(=O)(=O)c1ccccc1. The van der Waals surface area contributed by atoms with Crippen LogP contribution in [0, 0.1) is 0 Å². The summed E-state index contributed by atoms with van der Waals surface area (Å²) < 4.78 is 32.6. The third kappa shape index (κ3) is 2.69. The zero-order valence-electron chi connectivity index (χ0n) is 14.9. The normalized spacial score (nSPS) is 11.8. The van der Waals surface area contributed by atoms with Gasteiger partial charge in [0.25, 0.3) is 10.0 Å². The summed E-state index contributed by atoms with van der Waals surface area (Å²) in [6, 6.07) is 14.0. The number of esters is 1. The van der Waals surface area contributed by atoms with Crippen molar-refractivity contribution in [3.63, 3.8) is 0 Å². The number of aromatic hydroxyl groups is 1. The summed E-state index contributed by atoms with van der Waals surface area (Å²) in [7, 11) is -4.04. The Hall–Kier alpha value is -3.39. The van der Waals surface area contributed by atoms with E-state index in [-0.39, 0.29) is 34.0 Å². The smallest absolute Gasteiger partial charge is 0.338 e. The van der Waals surface area contributed by atoms with Crippen molar-refractivity contribution in [2.75, 3.05) is 6.61 Å². The van der Waals surface area contributed by atoms with Gasteiger partial charge in [0, 0.05) is 17.0 Å². The van der Waals surface area contributed by atoms with Crippen LogP contribution in [0.5, 0.6) is 5.75 Å². The van der Waals surface area contributed by atoms with Gasteiger partial charge in [-0.25, -0.2) is 22.2 Å². The first-order valence-corrected chi connectivity index (χ1v) is 9.99. The number of ether oxygens (including phenoxy) is 1. The molecule has 7 nitrogen and oxygen atoms in total. The van der Waals surface area contributed by atoms with Crippen LogP contribution in [-0.4, -0.2) is 35.1 Å². The Morgan fingerprint density at radius 3 is 2.57 bits per heavy atom. The van der Waals surface area contributed by atoms with Gasteiger partial charge >= 0.3 is 5.97 Å². The van der Waals surface area contributed by atoms with Gasteiger partial charge in [-0.05, 0) is 43.3 Å². The number of carbonyl (C=O) groups excluding carboxylic acids is 1. The first-order valence-electron chi connectivity index (χ1n) is 8.55. The van der Waals surface area contributed by atoms with Crippen LogP contribution < -0.4 is 0 Å². The molecular weight excluding hydrogens is 380 g/mol. The maximum atomic E-state index is 13.3. The van der Waals surface area contributed by atoms with Crippen molar-refractivity contribution >= 4 is 37.9 Å². The van der Waals surface area contributed by atoms with E-state index in [0.717, 1.165) is 3.97 Å². The van der Waals surface area contributed by atoms with Gasteiger partial charge in [-0.2, -0.15) is 0 Å². The summed E-state index contributed by atoms with van der Waals surface area (Å²) in [6.07, 6.45) is 1.47. The molecule has 0 unspecified atom stereocenters. The second-order valence-corrected chi connectivity index (χ2v) is 7.86. The van der Waals surface area contributed by atoms with E-state index in [0.29, 0.717) is 10.8 Å². The second kappa shape index (κ2) is 6.65. The molecular formula is C20H16N2O5S. The summed E-state index contributed by atoms with van der Waals surface area (Å²) in [5.41, 5.74) is 0.357. The van der Waals surface area contributed by atoms with Gasteiger partial charge in [0.1, 0.15) is 11.3 Å². The predicted octanol–water partition coefficient (Wildman–Crippen LogP) is 3.31. The van der Waals surface area contributed by atoms with E-state index in [1.807, 2.05) is 0 Å². The fourth-order valence-corrected chi connectivity index (χ4v) is 4.69. The first kappa shape index (κ1) is 18.0. The molecule has 142 valence electrons. The molecule has 0 saturated heterocycles. The molecule has 2 aromatic heterocycles. The number of carbonyl (C=O) groups is 1. The van der Waals surface area contributed by atoms with Crippen LogP contribution in [0.4, 0.5) is 0 Å². The standard InChI is InChI=1S/C20H16N2O5S/c1-2-27-20(24)13-11-16-15-9-6-10-21-19(15)22(18(16)17(23)12-13)28(25,26)14-7-4-3-5-8-14/h3-12,23H,2H2,1H3. The molecule has 0 atom stereocenters. The molecule has 0 bridgehead atoms. The highest BCUT2D eigenvalue weighted by atomic mass is 32.2. The zero-order chi connectivity index (χ0) is 19.9. The number of rotatable bonds is 4. The Balaban J connectivity index is 2.11. The number of fused-ring (bicyclic) bond motifs is 3. The van der Waals surface area contributed by atoms with Gasteiger partial charge < -0.3 is 9.84 Å². The fraction of sp³-hybridized carbons (Fsp3) is 0.100. The lowest BCUT2D eigenvalue weighted by Crippen LogP contribution is -2.13. The fourth-order valence-electron chi connectivity index (χ4n) is 3.18. The minimum Gasteiger partial charge on any atom is -0.506 e. The van der Waals surface area contributed by atoms with Crippen LogP contribution in [0.3, 0.4) is 0 Å². The highest BCUT2D eigenvalue weighted by Gasteiger charge is 2.27. The van der Waals surface area contributed by atoms with Crippen LogP contribution in [0.1, 0.15) is 17.3 Å². The molecule has 4 rings (SSSR count). The lowest BCUT2D eigenvalue weighted by atomic mass is 10.1. The Labute approximate surface area is 160 Å². The lowest BCUT2D eigenvalue weighted by Gasteiger charge is -2.10. The molecule has 1 N–H and O–H groups in total. The van der Waals surface area contributed by atoms with Crippen molar-refractivity contribution in [3.8, 4) is 5.75 Å². The molecule has 8 heteroatoms. The van der Waals surface area contributed by atoms with Crippen molar-refractivity contribution in [2.24, 2.45) is 0 Å². The van der Waals surface area contributed by atoms with Crippen LogP contribution in [0.15, 0.2) is 65.7 Å². The summed E-state index contributed by atoms with van der Waals surface area (Å²) in [6.45, 7) is 1.86. The summed E-state index contributed by atoms with van der Waals surface area (Å²) in [5, 5.41) is 11.5. The van der Waals surface area contributed by atoms with E-state index in [2.05, 4.69) is 4.98 Å². The molecule has 0 saturated carbocycles. The first-order chi connectivity index (χ1) is 13.4. The number of hydrogen-bond acceptors (Lipinski definition) is 6. The van der Waals surface area contributed by atoms with Crippen LogP contribution in [-0.2, 0) is 14.8 Å². The van der Waals surface area contributed by atoms with E-state index in [1.165, 1.54) is 30.5 Å². The van der Waals surface area contributed by atoms with Gasteiger partial charge in [0.2, 0.25) is 0 Å². The topological polar surface area (TPSA) is 98.5 Å². The van der Waals surface area contributed by atoms with Gasteiger partial charge in [-0.15, -0.1) is 0 Å². The van der Waals surface area contributed by atoms with E-state index < -0.39 is 16.0 Å². The highest BCUT2D eigenvalue weighted by molar-refractivity contribution is 7.90. The molecule has 2 aromatic carbocycles. The minimum absolute atomic E-state index is 0.0607. The third-order valence-electron chi connectivity index (χ3n) is 4.35. The average Bonchev–Trinajstić information content (AvgIpc) is 3.05. The predicted molar refractivity (Wildman–Crippen MR) is 104 cm³/mol. The Morgan fingerprint density at radius 2 is 1.86 bits per heavy atom. The molecule has 4 aromatic rings. The number of pyridine rings is 1. The summed E-state index contributed by atoms with van der Waals surface area (Å²) >= 11 is 0. The Morgan fingerprint density at radius 1 is 1.11 bits per heavy atom. The molecule has 0 aliphatic rings. The Bertz CT molecular complexity index is 1310. The Kier molecular flexibility index (Phi) is 4.27. The van der Waals surface area contributed by atoms with Crippen molar-refractivity contribution < 1.29 is 23.1 Å². The molecule has 0 radical (unpaired) electrons. The summed E-state index contributed by atoms with van der Waals surface area (Å²) in [5.74, 6) is -0.950. The number of phenols is 1. The average molecular weight is 396 g/mol. The molecule has 0 fully saturated rings. The van der Waals surface area contributed by atoms with E-state index in [9.17, 15) is 18.3 Å². The minimum atomic E-state index is -4.04. The monoisotopic (exact) mass is 396 g/mol. The number of nitrogens with zero attached hydrogens (tertiary/aromatic N) is 2. The maximum Gasteiger partial charge on any atom is 0.338 e. The van der Waals surface area contributed by atoms with Crippen molar-refractivity contribution in [3.05, 3.63) is 66.4 Å². The van der Waals surface area contributed by atoms with Crippen LogP contribution in [0.2, 0.25) is 0 Å². The summed E-state index contributed by atoms with van der Waals surface area (Å²) in [4.78, 5) is 16.4. The molecule has 28 heavy (non-hydrogen) atoms. The van der Waals surface area contributed by atoms with Gasteiger partial charge in [0.15, 0.2) is 5.65 Å². The quantitative estimate of drug-likeness (QED) is 0.532. The van der Waals surface area contributed by atoms with Crippen LogP contribution in [0.25, 0.3) is 21.9 Å². The lowest BCUT2D eigenvalue weighted by molar-refractivity contribution is 0.0526. The molecule has 2 heterocycles. The number of hydrogen-bond donors (Lipinski definition) is 1. The zero-order valence-corrected chi connectivity index (χ0v) is 15.7. The van der Waals surface area contributed by atoms with Gasteiger partial charge in [-0.3, -0.25) is 0 Å². The van der Waals surface area contributed by atoms with E-state index in [4.69, 9.17) is 4.74 Å². The van der Waals surface area contributed by atoms with Gasteiger partial charge in [0.05, 0.1) is 17.1 Å². The maximum absolute atomic E-state index is 13.3. The number of phenolic OH excluding ortho intramolecular Hbond substituents is 1. The number of benzene rings is 2. The van der Waals surface area contributed by atoms with E-state index in [1.54, 1.807) is 37.3 Å². The van der Waals surface area contributed by atoms with Crippen LogP contribution >= 0.6 is 0 Å². The number of aromatic nitrogens is 2. The van der Waals surface area contributed by atoms with Crippen molar-refractivity contribution in [1.82, 2.24) is 8.96 Å². The van der Waals surface area contributed by atoms with Crippen molar-refractivity contribution in [1.29, 1.82) is 0 Å². The molecule has 0 amide bonds. The highest BCUT2D eigenvalue weighted by Crippen LogP contribution is 2.37. The second-order valence-electron chi connectivity index (χ2n) is 6.07. The van der Waals surface area contributed by atoms with E-state index >= 15 is 0 Å². The van der Waals surface area contributed by atoms with Gasteiger partial charge in [-0.1, -0.05) is 18.2 Å². The van der Waals surface area contributed by atoms with Crippen molar-refractivity contribution in [2.45, 2.75) is 11.8 Å². The molecule has 0 spiro atoms. The molecule has 0 aliphatic heterocycles. The largest absolute Gasteiger partial charge is 0.506 e. The molecule has 0 aliphatic carbocycles. The third-order valence-corrected chi connectivity index (χ3v) is 6.06.